The SMILES string of the molecule is CC(/C(N)=N/O)N(C)C(=O)c1cc(Cl)cc(Br)c1. The molecule has 1 rings (SSSR count). The first-order chi connectivity index (χ1) is 8.36. The van der Waals surface area contributed by atoms with Crippen LogP contribution in [-0.4, -0.2) is 34.9 Å². The minimum Gasteiger partial charge on any atom is -0.409 e. The van der Waals surface area contributed by atoms with Gasteiger partial charge in [-0.2, -0.15) is 0 Å². The summed E-state index contributed by atoms with van der Waals surface area (Å²) < 4.78 is 0.711. The molecule has 7 heteroatoms. The summed E-state index contributed by atoms with van der Waals surface area (Å²) in [5, 5.41) is 11.9. The lowest BCUT2D eigenvalue weighted by atomic mass is 10.1. The predicted octanol–water partition coefficient (Wildman–Crippen LogP) is 2.31. The molecule has 0 heterocycles. The molecule has 0 saturated carbocycles. The van der Waals surface area contributed by atoms with Crippen LogP contribution in [0.1, 0.15) is 17.3 Å². The number of nitrogens with zero attached hydrogens (tertiary/aromatic N) is 2. The van der Waals surface area contributed by atoms with Crippen molar-refractivity contribution in [3.8, 4) is 0 Å². The molecule has 18 heavy (non-hydrogen) atoms. The minimum absolute atomic E-state index is 0.0352. The first kappa shape index (κ1) is 14.8. The highest BCUT2D eigenvalue weighted by Gasteiger charge is 2.21. The summed E-state index contributed by atoms with van der Waals surface area (Å²) in [6, 6.07) is 4.39. The van der Waals surface area contributed by atoms with Gasteiger partial charge < -0.3 is 15.8 Å². The average molecular weight is 335 g/mol. The van der Waals surface area contributed by atoms with E-state index < -0.39 is 6.04 Å². The molecule has 0 aromatic heterocycles. The Morgan fingerprint density at radius 3 is 2.67 bits per heavy atom. The van der Waals surface area contributed by atoms with Crippen LogP contribution in [-0.2, 0) is 0 Å². The molecule has 0 saturated heterocycles. The monoisotopic (exact) mass is 333 g/mol. The van der Waals surface area contributed by atoms with E-state index in [4.69, 9.17) is 22.5 Å². The molecule has 0 radical (unpaired) electrons. The summed E-state index contributed by atoms with van der Waals surface area (Å²) >= 11 is 9.15. The number of hydrogen-bond acceptors (Lipinski definition) is 3. The maximum atomic E-state index is 12.2. The quantitative estimate of drug-likeness (QED) is 0.385. The van der Waals surface area contributed by atoms with Crippen molar-refractivity contribution >= 4 is 39.3 Å². The maximum absolute atomic E-state index is 12.2. The summed E-state index contributed by atoms with van der Waals surface area (Å²) in [5.74, 6) is -0.302. The highest BCUT2D eigenvalue weighted by molar-refractivity contribution is 9.10. The van der Waals surface area contributed by atoms with Crippen LogP contribution >= 0.6 is 27.5 Å². The molecule has 98 valence electrons. The van der Waals surface area contributed by atoms with Crippen LogP contribution in [0.2, 0.25) is 5.02 Å². The molecule has 0 aliphatic carbocycles. The van der Waals surface area contributed by atoms with Gasteiger partial charge in [-0.15, -0.1) is 0 Å². The minimum atomic E-state index is -0.514. The molecule has 0 aliphatic rings. The molecule has 0 spiro atoms. The number of amidine groups is 1. The number of halogens is 2. The Morgan fingerprint density at radius 1 is 1.56 bits per heavy atom. The van der Waals surface area contributed by atoms with Crippen LogP contribution < -0.4 is 5.73 Å². The van der Waals surface area contributed by atoms with Crippen molar-refractivity contribution < 1.29 is 10.0 Å². The van der Waals surface area contributed by atoms with Gasteiger partial charge in [-0.05, 0) is 25.1 Å². The predicted molar refractivity (Wildman–Crippen MR) is 74.1 cm³/mol. The van der Waals surface area contributed by atoms with E-state index in [9.17, 15) is 4.79 Å². The first-order valence-corrected chi connectivity index (χ1v) is 6.24. The lowest BCUT2D eigenvalue weighted by Gasteiger charge is -2.23. The lowest BCUT2D eigenvalue weighted by Crippen LogP contribution is -2.43. The molecule has 1 unspecified atom stereocenters. The maximum Gasteiger partial charge on any atom is 0.254 e. The van der Waals surface area contributed by atoms with Gasteiger partial charge in [0.1, 0.15) is 0 Å². The number of hydrogen-bond donors (Lipinski definition) is 2. The van der Waals surface area contributed by atoms with Crippen LogP contribution in [0.25, 0.3) is 0 Å². The normalized spacial score (nSPS) is 13.2. The Morgan fingerprint density at radius 2 is 2.17 bits per heavy atom. The van der Waals surface area contributed by atoms with E-state index in [1.165, 1.54) is 4.90 Å². The van der Waals surface area contributed by atoms with E-state index in [2.05, 4.69) is 21.1 Å². The van der Waals surface area contributed by atoms with Crippen LogP contribution in [0.5, 0.6) is 0 Å². The standard InChI is InChI=1S/C11H13BrClN3O2/c1-6(10(14)15-18)16(2)11(17)7-3-8(12)5-9(13)4-7/h3-6,18H,1-2H3,(H2,14,15). The fraction of sp³-hybridized carbons (Fsp3) is 0.273. The number of nitrogens with two attached hydrogens (primary N) is 1. The van der Waals surface area contributed by atoms with E-state index in [1.54, 1.807) is 32.2 Å². The third-order valence-corrected chi connectivity index (χ3v) is 3.23. The molecule has 1 aromatic rings. The first-order valence-electron chi connectivity index (χ1n) is 5.07. The van der Waals surface area contributed by atoms with Gasteiger partial charge in [0.15, 0.2) is 5.84 Å². The van der Waals surface area contributed by atoms with Crippen LogP contribution in [0.4, 0.5) is 0 Å². The van der Waals surface area contributed by atoms with Crippen molar-refractivity contribution in [3.05, 3.63) is 33.3 Å². The third-order valence-electron chi connectivity index (χ3n) is 2.55. The van der Waals surface area contributed by atoms with Crippen LogP contribution in [0, 0.1) is 0 Å². The van der Waals surface area contributed by atoms with Gasteiger partial charge in [0.05, 0.1) is 6.04 Å². The van der Waals surface area contributed by atoms with Crippen LogP contribution in [0.15, 0.2) is 27.8 Å². The molecule has 1 amide bonds. The summed E-state index contributed by atoms with van der Waals surface area (Å²) in [4.78, 5) is 13.5. The van der Waals surface area contributed by atoms with E-state index in [0.717, 1.165) is 0 Å². The van der Waals surface area contributed by atoms with Gasteiger partial charge in [-0.1, -0.05) is 32.7 Å². The molecule has 1 atom stereocenters. The van der Waals surface area contributed by atoms with Crippen molar-refractivity contribution in [3.63, 3.8) is 0 Å². The molecule has 3 N–H and O–H groups in total. The van der Waals surface area contributed by atoms with Crippen LogP contribution in [0.3, 0.4) is 0 Å². The number of carbonyl (C=O) groups is 1. The topological polar surface area (TPSA) is 78.9 Å². The molecular formula is C11H13BrClN3O2. The van der Waals surface area contributed by atoms with Gasteiger partial charge in [0.2, 0.25) is 0 Å². The number of benzene rings is 1. The molecule has 0 bridgehead atoms. The van der Waals surface area contributed by atoms with Crippen molar-refractivity contribution in [1.29, 1.82) is 0 Å². The Bertz CT molecular complexity index is 473. The summed E-state index contributed by atoms with van der Waals surface area (Å²) in [6.45, 7) is 1.66. The van der Waals surface area contributed by atoms with E-state index in [0.29, 0.717) is 15.1 Å². The molecular weight excluding hydrogens is 321 g/mol. The van der Waals surface area contributed by atoms with E-state index >= 15 is 0 Å². The highest BCUT2D eigenvalue weighted by Crippen LogP contribution is 2.20. The summed E-state index contributed by atoms with van der Waals surface area (Å²) in [7, 11) is 1.57. The second kappa shape index (κ2) is 6.06. The summed E-state index contributed by atoms with van der Waals surface area (Å²) in [5.41, 5.74) is 5.89. The van der Waals surface area contributed by atoms with E-state index in [-0.39, 0.29) is 11.7 Å². The van der Waals surface area contributed by atoms with Gasteiger partial charge in [0.25, 0.3) is 5.91 Å². The Hall–Kier alpha value is -1.27. The van der Waals surface area contributed by atoms with Crippen molar-refractivity contribution in [2.24, 2.45) is 10.9 Å². The van der Waals surface area contributed by atoms with Gasteiger partial charge in [0, 0.05) is 22.1 Å². The van der Waals surface area contributed by atoms with Gasteiger partial charge >= 0.3 is 0 Å². The van der Waals surface area contributed by atoms with Crippen molar-refractivity contribution in [2.75, 3.05) is 7.05 Å². The second-order valence-electron chi connectivity index (χ2n) is 3.78. The number of oxime groups is 1. The molecule has 0 aliphatic heterocycles. The number of amides is 1. The number of rotatable bonds is 3. The average Bonchev–Trinajstić information content (AvgIpc) is 2.33. The Kier molecular flexibility index (Phi) is 4.98. The van der Waals surface area contributed by atoms with Gasteiger partial charge in [-0.3, -0.25) is 4.79 Å². The third kappa shape index (κ3) is 3.36. The fourth-order valence-electron chi connectivity index (χ4n) is 1.34. The van der Waals surface area contributed by atoms with Gasteiger partial charge in [-0.25, -0.2) is 0 Å². The molecule has 1 aromatic carbocycles. The Balaban J connectivity index is 3.00. The number of likely N-dealkylation sites (N-methyl/N-ethyl adjacent to an activating group) is 1. The molecule has 5 nitrogen and oxygen atoms in total. The fourth-order valence-corrected chi connectivity index (χ4v) is 2.20. The molecule has 0 fully saturated rings. The highest BCUT2D eigenvalue weighted by atomic mass is 79.9. The van der Waals surface area contributed by atoms with Crippen molar-refractivity contribution in [1.82, 2.24) is 4.90 Å². The second-order valence-corrected chi connectivity index (χ2v) is 5.13. The smallest absolute Gasteiger partial charge is 0.254 e. The zero-order valence-electron chi connectivity index (χ0n) is 9.89. The zero-order valence-corrected chi connectivity index (χ0v) is 12.2. The van der Waals surface area contributed by atoms with E-state index in [1.807, 2.05) is 0 Å². The lowest BCUT2D eigenvalue weighted by molar-refractivity contribution is 0.0776. The largest absolute Gasteiger partial charge is 0.409 e. The zero-order chi connectivity index (χ0) is 13.9. The Labute approximate surface area is 118 Å². The van der Waals surface area contributed by atoms with Crippen molar-refractivity contribution in [2.45, 2.75) is 13.0 Å². The summed E-state index contributed by atoms with van der Waals surface area (Å²) in [6.07, 6.45) is 0. The number of carbonyl (C=O) groups excluding carboxylic acids is 1.